The molecule has 2 aliphatic rings. The molecule has 0 unspecified atom stereocenters. The van der Waals surface area contributed by atoms with Gasteiger partial charge in [0.1, 0.15) is 0 Å². The molecule has 1 aliphatic heterocycles. The summed E-state index contributed by atoms with van der Waals surface area (Å²) in [5.41, 5.74) is 4.74. The minimum Gasteiger partial charge on any atom is -0.384 e. The summed E-state index contributed by atoms with van der Waals surface area (Å²) in [7, 11) is -10.4. The van der Waals surface area contributed by atoms with E-state index < -0.39 is 46.3 Å². The summed E-state index contributed by atoms with van der Waals surface area (Å²) < 4.78 is 85.4. The molecule has 352 valence electrons. The number of benzene rings is 4. The Balaban J connectivity index is 1.09. The molecule has 0 radical (unpaired) electrons. The summed E-state index contributed by atoms with van der Waals surface area (Å²) in [6.45, 7) is 9.71. The summed E-state index contributed by atoms with van der Waals surface area (Å²) in [6.07, 6.45) is 5.97. The fourth-order valence-corrected chi connectivity index (χ4v) is 11.5. The van der Waals surface area contributed by atoms with Crippen LogP contribution in [0.4, 0.5) is 20.2 Å². The number of rotatable bonds is 22. The molecule has 65 heavy (non-hydrogen) atoms. The average molecular weight is 993 g/mol. The molecule has 1 heterocycles. The molecule has 0 aromatic heterocycles. The van der Waals surface area contributed by atoms with Crippen LogP contribution in [0, 0.1) is 5.41 Å². The van der Waals surface area contributed by atoms with E-state index in [1.807, 2.05) is 47.2 Å². The zero-order valence-corrected chi connectivity index (χ0v) is 40.5. The molecule has 18 heteroatoms. The van der Waals surface area contributed by atoms with Crippen LogP contribution in [-0.4, -0.2) is 96.6 Å². The maximum atomic E-state index is 14.6. The van der Waals surface area contributed by atoms with Gasteiger partial charge >= 0.3 is 4.71 Å². The highest BCUT2D eigenvalue weighted by molar-refractivity contribution is 7.99. The summed E-state index contributed by atoms with van der Waals surface area (Å²) in [5.74, 6) is -0.572. The normalized spacial score (nSPS) is 16.5. The van der Waals surface area contributed by atoms with Crippen LogP contribution in [0.1, 0.15) is 68.3 Å². The smallest absolute Gasteiger partial charge is 0.384 e. The van der Waals surface area contributed by atoms with E-state index in [1.165, 1.54) is 40.6 Å². The Kier molecular flexibility index (Phi) is 17.8. The monoisotopic (exact) mass is 991 g/mol. The van der Waals surface area contributed by atoms with Crippen LogP contribution < -0.4 is 20.7 Å². The van der Waals surface area contributed by atoms with E-state index in [0.717, 1.165) is 55.7 Å². The van der Waals surface area contributed by atoms with Crippen LogP contribution in [0.15, 0.2) is 117 Å². The molecule has 4 N–H and O–H groups in total. The van der Waals surface area contributed by atoms with Crippen molar-refractivity contribution in [1.82, 2.24) is 14.9 Å². The molecule has 11 nitrogen and oxygen atoms in total. The number of sulfone groups is 1. The van der Waals surface area contributed by atoms with Crippen molar-refractivity contribution in [1.29, 1.82) is 0 Å². The van der Waals surface area contributed by atoms with Gasteiger partial charge in [-0.3, -0.25) is 9.69 Å². The Hall–Kier alpha value is -3.74. The zero-order valence-electron chi connectivity index (χ0n) is 36.6. The number of alkyl halides is 3. The second kappa shape index (κ2) is 22.8. The number of carbonyl (C=O) groups excluding carboxylic acids is 1. The molecular weight excluding hydrogens is 936 g/mol. The number of sulfonamides is 1. The SMILES string of the molecule is CCC1(CC)CCC(CNCCNc2ccc(C(=O)NS(=O)(=O)c3ccc(N[C@H](CCN4CCOCC4)CSc4ccccc4)c(S(=O)(=O)C(F)(F)Cl)c3)cc2)=C(c2ccc(Cl)cc2)C1. The van der Waals surface area contributed by atoms with Gasteiger partial charge < -0.3 is 20.7 Å². The molecular formula is C47H57Cl2F2N5O6S3. The number of ether oxygens (including phenoxy) is 1. The average Bonchev–Trinajstić information content (AvgIpc) is 3.30. The van der Waals surface area contributed by atoms with Gasteiger partial charge in [-0.2, -0.15) is 8.78 Å². The third kappa shape index (κ3) is 13.7. The van der Waals surface area contributed by atoms with Crippen molar-refractivity contribution in [2.45, 2.75) is 77.8 Å². The number of nitrogens with zero attached hydrogens (tertiary/aromatic N) is 1. The first-order valence-corrected chi connectivity index (χ1v) is 26.5. The van der Waals surface area contributed by atoms with E-state index in [-0.39, 0.29) is 11.3 Å². The van der Waals surface area contributed by atoms with Crippen molar-refractivity contribution in [3.63, 3.8) is 0 Å². The highest BCUT2D eigenvalue weighted by atomic mass is 35.5. The Labute approximate surface area is 396 Å². The summed E-state index contributed by atoms with van der Waals surface area (Å²) in [4.78, 5) is 14.6. The Morgan fingerprint density at radius 1 is 0.923 bits per heavy atom. The molecule has 4 aromatic carbocycles. The minimum atomic E-state index is -5.62. The molecule has 1 fully saturated rings. The van der Waals surface area contributed by atoms with Crippen LogP contribution >= 0.6 is 35.0 Å². The Morgan fingerprint density at radius 3 is 2.28 bits per heavy atom. The zero-order chi connectivity index (χ0) is 46.7. The van der Waals surface area contributed by atoms with Gasteiger partial charge in [-0.25, -0.2) is 21.6 Å². The molecule has 1 amide bonds. The van der Waals surface area contributed by atoms with E-state index in [4.69, 9.17) is 27.9 Å². The molecule has 0 spiro atoms. The standard InChI is InChI=1S/C47H57Cl2F2N5O6S3/c1-3-46(4-2)22-20-36(42(31-46)34-10-14-37(48)15-11-34)32-52-23-24-53-38-16-12-35(13-17-38)45(57)55-65(60,61)41-18-19-43(44(30-41)64(58,59)47(49,50)51)54-39(21-25-56-26-28-62-29-27-56)33-63-40-8-6-5-7-9-40/h5-19,30,39,52-54H,3-4,20-29,31-33H2,1-2H3,(H,55,57)/t39-/m1/s1. The second-order valence-corrected chi connectivity index (χ2v) is 22.3. The lowest BCUT2D eigenvalue weighted by molar-refractivity contribution is 0.0370. The van der Waals surface area contributed by atoms with E-state index in [0.29, 0.717) is 80.3 Å². The summed E-state index contributed by atoms with van der Waals surface area (Å²) >= 11 is 12.8. The highest BCUT2D eigenvalue weighted by Crippen LogP contribution is 2.47. The number of halogens is 4. The molecule has 1 aliphatic carbocycles. The van der Waals surface area contributed by atoms with Crippen molar-refractivity contribution in [3.8, 4) is 0 Å². The molecule has 6 rings (SSSR count). The van der Waals surface area contributed by atoms with Gasteiger partial charge in [-0.15, -0.1) is 11.8 Å². The van der Waals surface area contributed by atoms with Crippen molar-refractivity contribution in [3.05, 3.63) is 119 Å². The largest absolute Gasteiger partial charge is 0.427 e. The van der Waals surface area contributed by atoms with Crippen molar-refractivity contribution >= 4 is 77.7 Å². The van der Waals surface area contributed by atoms with Gasteiger partial charge in [0, 0.05) is 72.2 Å². The number of morpholine rings is 1. The Morgan fingerprint density at radius 2 is 1.62 bits per heavy atom. The van der Waals surface area contributed by atoms with Crippen LogP contribution in [-0.2, 0) is 24.6 Å². The van der Waals surface area contributed by atoms with Crippen molar-refractivity contribution < 1.29 is 35.1 Å². The number of hydrogen-bond acceptors (Lipinski definition) is 11. The van der Waals surface area contributed by atoms with Gasteiger partial charge in [-0.1, -0.05) is 74.2 Å². The predicted molar refractivity (Wildman–Crippen MR) is 259 cm³/mol. The van der Waals surface area contributed by atoms with Gasteiger partial charge in [0.25, 0.3) is 25.8 Å². The molecule has 1 saturated heterocycles. The third-order valence-corrected chi connectivity index (χ3v) is 17.2. The molecule has 0 bridgehead atoms. The predicted octanol–water partition coefficient (Wildman–Crippen LogP) is 9.76. The molecule has 4 aromatic rings. The first-order valence-electron chi connectivity index (χ1n) is 21.8. The van der Waals surface area contributed by atoms with Crippen molar-refractivity contribution in [2.24, 2.45) is 5.41 Å². The van der Waals surface area contributed by atoms with E-state index in [9.17, 15) is 30.4 Å². The van der Waals surface area contributed by atoms with Gasteiger partial charge in [0.15, 0.2) is 0 Å². The fraction of sp³-hybridized carbons (Fsp3) is 0.426. The number of carbonyl (C=O) groups is 1. The quantitative estimate of drug-likeness (QED) is 0.0339. The topological polar surface area (TPSA) is 146 Å². The highest BCUT2D eigenvalue weighted by Gasteiger charge is 2.46. The Bertz CT molecular complexity index is 2470. The lowest BCUT2D eigenvalue weighted by atomic mass is 9.67. The van der Waals surface area contributed by atoms with Crippen LogP contribution in [0.5, 0.6) is 0 Å². The lowest BCUT2D eigenvalue weighted by Gasteiger charge is -2.38. The number of nitrogens with one attached hydrogen (secondary N) is 4. The van der Waals surface area contributed by atoms with Gasteiger partial charge in [0.05, 0.1) is 28.7 Å². The molecule has 0 saturated carbocycles. The first kappa shape index (κ1) is 50.7. The van der Waals surface area contributed by atoms with E-state index in [1.54, 1.807) is 12.1 Å². The fourth-order valence-electron chi connectivity index (χ4n) is 8.10. The molecule has 1 atom stereocenters. The first-order chi connectivity index (χ1) is 31.0. The number of thioether (sulfide) groups is 1. The third-order valence-electron chi connectivity index (χ3n) is 12.3. The van der Waals surface area contributed by atoms with Crippen LogP contribution in [0.25, 0.3) is 5.57 Å². The lowest BCUT2D eigenvalue weighted by Crippen LogP contribution is -2.39. The van der Waals surface area contributed by atoms with E-state index >= 15 is 0 Å². The number of anilines is 2. The summed E-state index contributed by atoms with van der Waals surface area (Å²) in [6, 6.07) is 26.0. The van der Waals surface area contributed by atoms with Crippen molar-refractivity contribution in [2.75, 3.05) is 68.9 Å². The number of amides is 1. The maximum absolute atomic E-state index is 14.6. The van der Waals surface area contributed by atoms with Crippen LogP contribution in [0.3, 0.4) is 0 Å². The second-order valence-electron chi connectivity index (χ2n) is 16.4. The minimum absolute atomic E-state index is 0.00361. The van der Waals surface area contributed by atoms with Gasteiger partial charge in [0.2, 0.25) is 0 Å². The maximum Gasteiger partial charge on any atom is 0.427 e. The number of hydrogen-bond donors (Lipinski definition) is 4. The van der Waals surface area contributed by atoms with Crippen LogP contribution in [0.2, 0.25) is 5.02 Å². The van der Waals surface area contributed by atoms with E-state index in [2.05, 4.69) is 46.8 Å². The number of allylic oxidation sites excluding steroid dienone is 1. The summed E-state index contributed by atoms with van der Waals surface area (Å²) in [5, 5.41) is 10.7. The van der Waals surface area contributed by atoms with Gasteiger partial charge in [-0.05, 0) is 121 Å².